The molecule has 98 valence electrons. The summed E-state index contributed by atoms with van der Waals surface area (Å²) in [7, 11) is 1.03. The number of nitro groups is 1. The maximum Gasteiger partial charge on any atom is 0.344 e. The summed E-state index contributed by atoms with van der Waals surface area (Å²) in [5.41, 5.74) is -1.46. The van der Waals surface area contributed by atoms with Crippen molar-refractivity contribution >= 4 is 5.97 Å². The van der Waals surface area contributed by atoms with Crippen molar-refractivity contribution in [1.82, 2.24) is 0 Å². The van der Waals surface area contributed by atoms with Gasteiger partial charge < -0.3 is 14.3 Å². The van der Waals surface area contributed by atoms with Crippen LogP contribution < -0.4 is 5.63 Å². The maximum atomic E-state index is 11.5. The van der Waals surface area contributed by atoms with E-state index in [4.69, 9.17) is 4.42 Å². The molecule has 1 rings (SSSR count). The summed E-state index contributed by atoms with van der Waals surface area (Å²) >= 11 is 0. The van der Waals surface area contributed by atoms with Crippen LogP contribution in [0.15, 0.2) is 15.3 Å². The van der Waals surface area contributed by atoms with Gasteiger partial charge in [0.1, 0.15) is 17.1 Å². The topological polar surface area (TPSA) is 120 Å². The van der Waals surface area contributed by atoms with Crippen LogP contribution in [0.4, 0.5) is 0 Å². The summed E-state index contributed by atoms with van der Waals surface area (Å²) in [6, 6.07) is 1.10. The first-order valence-corrected chi connectivity index (χ1v) is 4.90. The van der Waals surface area contributed by atoms with Gasteiger partial charge >= 0.3 is 11.6 Å². The zero-order valence-electron chi connectivity index (χ0n) is 9.71. The zero-order chi connectivity index (χ0) is 13.9. The van der Waals surface area contributed by atoms with Crippen molar-refractivity contribution in [2.45, 2.75) is 12.8 Å². The van der Waals surface area contributed by atoms with Gasteiger partial charge in [0.25, 0.3) is 0 Å². The molecule has 0 aromatic carbocycles. The number of rotatable bonds is 4. The standard InChI is InChI=1S/C10H11NO7/c1-5-3-7(12)8(10(14)18-5)6(4-11(15)16)9(13)17-2/h3,6,12H,4H2,1-2H3. The highest BCUT2D eigenvalue weighted by Gasteiger charge is 2.33. The molecule has 1 aromatic rings. The van der Waals surface area contributed by atoms with Gasteiger partial charge in [-0.2, -0.15) is 0 Å². The fraction of sp³-hybridized carbons (Fsp3) is 0.400. The number of ether oxygens (including phenoxy) is 1. The van der Waals surface area contributed by atoms with Gasteiger partial charge in [0.15, 0.2) is 5.92 Å². The molecule has 0 radical (unpaired) electrons. The van der Waals surface area contributed by atoms with E-state index in [0.717, 1.165) is 13.2 Å². The Morgan fingerprint density at radius 3 is 2.72 bits per heavy atom. The molecule has 8 heteroatoms. The molecular formula is C10H11NO7. The van der Waals surface area contributed by atoms with Crippen LogP contribution in [0.2, 0.25) is 0 Å². The van der Waals surface area contributed by atoms with Crippen LogP contribution in [0.25, 0.3) is 0 Å². The first-order chi connectivity index (χ1) is 8.36. The molecule has 0 aliphatic heterocycles. The van der Waals surface area contributed by atoms with Gasteiger partial charge in [0.2, 0.25) is 6.54 Å². The lowest BCUT2D eigenvalue weighted by atomic mass is 10.00. The zero-order valence-corrected chi connectivity index (χ0v) is 9.71. The first kappa shape index (κ1) is 13.7. The molecule has 0 amide bonds. The summed E-state index contributed by atoms with van der Waals surface area (Å²) in [6.07, 6.45) is 0. The molecule has 8 nitrogen and oxygen atoms in total. The van der Waals surface area contributed by atoms with Crippen molar-refractivity contribution in [3.05, 3.63) is 37.9 Å². The molecule has 0 aliphatic carbocycles. The predicted octanol–water partition coefficient (Wildman–Crippen LogP) is 0.187. The van der Waals surface area contributed by atoms with Crippen molar-refractivity contribution < 1.29 is 24.0 Å². The molecule has 0 saturated carbocycles. The number of hydrogen-bond acceptors (Lipinski definition) is 7. The van der Waals surface area contributed by atoms with Crippen molar-refractivity contribution in [1.29, 1.82) is 0 Å². The SMILES string of the molecule is COC(=O)C(C[N+](=O)[O-])c1c(O)cc(C)oc1=O. The quantitative estimate of drug-likeness (QED) is 0.464. The third-order valence-corrected chi connectivity index (χ3v) is 2.26. The lowest BCUT2D eigenvalue weighted by molar-refractivity contribution is -0.481. The van der Waals surface area contributed by atoms with E-state index >= 15 is 0 Å². The van der Waals surface area contributed by atoms with E-state index in [2.05, 4.69) is 4.74 Å². The van der Waals surface area contributed by atoms with Gasteiger partial charge in [-0.3, -0.25) is 14.9 Å². The maximum absolute atomic E-state index is 11.5. The third-order valence-electron chi connectivity index (χ3n) is 2.26. The van der Waals surface area contributed by atoms with Crippen molar-refractivity contribution in [3.63, 3.8) is 0 Å². The van der Waals surface area contributed by atoms with Gasteiger partial charge in [-0.05, 0) is 6.92 Å². The van der Waals surface area contributed by atoms with Crippen LogP contribution in [-0.4, -0.2) is 29.7 Å². The number of methoxy groups -OCH3 is 1. The molecule has 0 bridgehead atoms. The smallest absolute Gasteiger partial charge is 0.344 e. The van der Waals surface area contributed by atoms with E-state index in [1.54, 1.807) is 0 Å². The third kappa shape index (κ3) is 2.84. The van der Waals surface area contributed by atoms with Gasteiger partial charge in [-0.1, -0.05) is 0 Å². The Morgan fingerprint density at radius 2 is 2.28 bits per heavy atom. The van der Waals surface area contributed by atoms with Gasteiger partial charge in [0, 0.05) is 11.0 Å². The van der Waals surface area contributed by atoms with E-state index in [-0.39, 0.29) is 5.76 Å². The molecule has 0 aliphatic rings. The number of carbonyl (C=O) groups is 1. The fourth-order valence-electron chi connectivity index (χ4n) is 1.50. The van der Waals surface area contributed by atoms with Crippen molar-refractivity contribution in [3.8, 4) is 5.75 Å². The number of nitrogens with zero attached hydrogens (tertiary/aromatic N) is 1. The predicted molar refractivity (Wildman–Crippen MR) is 58.0 cm³/mol. The van der Waals surface area contributed by atoms with Crippen LogP contribution in [0.1, 0.15) is 17.2 Å². The monoisotopic (exact) mass is 257 g/mol. The van der Waals surface area contributed by atoms with Crippen LogP contribution in [0, 0.1) is 17.0 Å². The Balaban J connectivity index is 3.33. The first-order valence-electron chi connectivity index (χ1n) is 4.90. The molecule has 1 unspecified atom stereocenters. The summed E-state index contributed by atoms with van der Waals surface area (Å²) in [5, 5.41) is 20.1. The van der Waals surface area contributed by atoms with E-state index in [0.29, 0.717) is 0 Å². The summed E-state index contributed by atoms with van der Waals surface area (Å²) < 4.78 is 9.07. The Labute approximate surface area is 101 Å². The Bertz CT molecular complexity index is 534. The van der Waals surface area contributed by atoms with Crippen molar-refractivity contribution in [2.75, 3.05) is 13.7 Å². The molecule has 0 saturated heterocycles. The van der Waals surface area contributed by atoms with Crippen LogP contribution in [0.5, 0.6) is 5.75 Å². The average molecular weight is 257 g/mol. The Kier molecular flexibility index (Phi) is 4.03. The number of hydrogen-bond donors (Lipinski definition) is 1. The highest BCUT2D eigenvalue weighted by Crippen LogP contribution is 2.24. The Morgan fingerprint density at radius 1 is 1.67 bits per heavy atom. The van der Waals surface area contributed by atoms with E-state index in [1.165, 1.54) is 6.92 Å². The average Bonchev–Trinajstić information content (AvgIpc) is 2.24. The minimum Gasteiger partial charge on any atom is -0.507 e. The van der Waals surface area contributed by atoms with Gasteiger partial charge in [0.05, 0.1) is 7.11 Å². The minimum atomic E-state index is -1.50. The second-order valence-electron chi connectivity index (χ2n) is 3.53. The van der Waals surface area contributed by atoms with E-state index in [9.17, 15) is 24.8 Å². The molecular weight excluding hydrogens is 246 g/mol. The molecule has 1 aromatic heterocycles. The minimum absolute atomic E-state index is 0.131. The van der Waals surface area contributed by atoms with Gasteiger partial charge in [-0.15, -0.1) is 0 Å². The van der Waals surface area contributed by atoms with E-state index < -0.39 is 40.3 Å². The lowest BCUT2D eigenvalue weighted by Gasteiger charge is -2.11. The number of carbonyl (C=O) groups excluding carboxylic acids is 1. The van der Waals surface area contributed by atoms with Crippen LogP contribution in [0.3, 0.4) is 0 Å². The normalized spacial score (nSPS) is 11.9. The highest BCUT2D eigenvalue weighted by atomic mass is 16.6. The summed E-state index contributed by atoms with van der Waals surface area (Å²) in [5.74, 6) is -2.88. The number of aryl methyl sites for hydroxylation is 1. The molecule has 1 heterocycles. The Hall–Kier alpha value is -2.38. The number of aromatic hydroxyl groups is 1. The number of esters is 1. The second-order valence-corrected chi connectivity index (χ2v) is 3.53. The molecule has 1 atom stereocenters. The molecule has 1 N–H and O–H groups in total. The second kappa shape index (κ2) is 5.30. The summed E-state index contributed by atoms with van der Waals surface area (Å²) in [6.45, 7) is 0.555. The molecule has 18 heavy (non-hydrogen) atoms. The fourth-order valence-corrected chi connectivity index (χ4v) is 1.50. The largest absolute Gasteiger partial charge is 0.507 e. The van der Waals surface area contributed by atoms with Crippen LogP contribution >= 0.6 is 0 Å². The van der Waals surface area contributed by atoms with Crippen LogP contribution in [-0.2, 0) is 9.53 Å². The molecule has 0 spiro atoms. The van der Waals surface area contributed by atoms with E-state index in [1.807, 2.05) is 0 Å². The highest BCUT2D eigenvalue weighted by molar-refractivity contribution is 5.78. The lowest BCUT2D eigenvalue weighted by Crippen LogP contribution is -2.27. The summed E-state index contributed by atoms with van der Waals surface area (Å²) in [4.78, 5) is 32.7. The van der Waals surface area contributed by atoms with Gasteiger partial charge in [-0.25, -0.2) is 4.79 Å². The van der Waals surface area contributed by atoms with Crippen molar-refractivity contribution in [2.24, 2.45) is 0 Å². The molecule has 0 fully saturated rings.